The van der Waals surface area contributed by atoms with Gasteiger partial charge in [0.1, 0.15) is 11.6 Å². The van der Waals surface area contributed by atoms with Crippen molar-refractivity contribution in [3.8, 4) is 16.9 Å². The number of benzene rings is 2. The summed E-state index contributed by atoms with van der Waals surface area (Å²) in [5, 5.41) is 7.39. The molecule has 28 heavy (non-hydrogen) atoms. The van der Waals surface area contributed by atoms with Crippen LogP contribution in [0.4, 0.5) is 4.39 Å². The van der Waals surface area contributed by atoms with Crippen molar-refractivity contribution in [1.29, 1.82) is 0 Å². The van der Waals surface area contributed by atoms with Gasteiger partial charge in [-0.05, 0) is 42.7 Å². The summed E-state index contributed by atoms with van der Waals surface area (Å²) >= 11 is 0. The van der Waals surface area contributed by atoms with Gasteiger partial charge in [-0.3, -0.25) is 9.89 Å². The molecule has 1 saturated heterocycles. The minimum atomic E-state index is -0.469. The molecule has 5 nitrogen and oxygen atoms in total. The molecule has 1 aliphatic heterocycles. The van der Waals surface area contributed by atoms with Crippen molar-refractivity contribution in [2.45, 2.75) is 18.8 Å². The number of likely N-dealkylation sites (tertiary alicyclic amines) is 1. The average molecular weight is 379 g/mol. The number of hydrogen-bond donors (Lipinski definition) is 1. The molecule has 0 bridgehead atoms. The van der Waals surface area contributed by atoms with Gasteiger partial charge in [-0.15, -0.1) is 0 Å². The van der Waals surface area contributed by atoms with Crippen LogP contribution in [0.25, 0.3) is 11.1 Å². The third-order valence-electron chi connectivity index (χ3n) is 5.34. The fraction of sp³-hybridized carbons (Fsp3) is 0.273. The quantitative estimate of drug-likeness (QED) is 0.737. The third kappa shape index (κ3) is 3.50. The monoisotopic (exact) mass is 379 g/mol. The van der Waals surface area contributed by atoms with E-state index in [4.69, 9.17) is 4.74 Å². The summed E-state index contributed by atoms with van der Waals surface area (Å²) in [6.45, 7) is 1.18. The van der Waals surface area contributed by atoms with Crippen LogP contribution in [0.5, 0.6) is 5.75 Å². The number of amides is 1. The summed E-state index contributed by atoms with van der Waals surface area (Å²) in [6, 6.07) is 14.0. The van der Waals surface area contributed by atoms with Gasteiger partial charge in [0.25, 0.3) is 5.91 Å². The van der Waals surface area contributed by atoms with E-state index in [1.54, 1.807) is 30.2 Å². The number of H-pyrrole nitrogens is 1. The molecule has 0 spiro atoms. The molecular weight excluding hydrogens is 357 g/mol. The first-order valence-electron chi connectivity index (χ1n) is 9.39. The molecule has 4 rings (SSSR count). The van der Waals surface area contributed by atoms with Crippen molar-refractivity contribution in [1.82, 2.24) is 15.1 Å². The molecule has 1 aliphatic rings. The van der Waals surface area contributed by atoms with Gasteiger partial charge in [-0.25, -0.2) is 4.39 Å². The van der Waals surface area contributed by atoms with Gasteiger partial charge in [-0.2, -0.15) is 5.10 Å². The molecular formula is C22H22FN3O2. The lowest BCUT2D eigenvalue weighted by Gasteiger charge is -2.32. The lowest BCUT2D eigenvalue weighted by molar-refractivity contribution is 0.0707. The molecule has 0 aliphatic carbocycles. The Labute approximate surface area is 163 Å². The predicted molar refractivity (Wildman–Crippen MR) is 105 cm³/mol. The highest BCUT2D eigenvalue weighted by atomic mass is 19.1. The second kappa shape index (κ2) is 7.84. The van der Waals surface area contributed by atoms with Gasteiger partial charge in [-0.1, -0.05) is 24.3 Å². The van der Waals surface area contributed by atoms with Crippen LogP contribution in [-0.2, 0) is 0 Å². The van der Waals surface area contributed by atoms with Crippen molar-refractivity contribution in [2.24, 2.45) is 0 Å². The number of ether oxygens (including phenoxy) is 1. The minimum Gasteiger partial charge on any atom is -0.497 e. The third-order valence-corrected chi connectivity index (χ3v) is 5.34. The molecule has 0 saturated carbocycles. The van der Waals surface area contributed by atoms with Gasteiger partial charge in [0.05, 0.1) is 18.9 Å². The van der Waals surface area contributed by atoms with Crippen LogP contribution in [0.3, 0.4) is 0 Å². The van der Waals surface area contributed by atoms with E-state index >= 15 is 0 Å². The Kier molecular flexibility index (Phi) is 5.10. The highest BCUT2D eigenvalue weighted by Crippen LogP contribution is 2.35. The van der Waals surface area contributed by atoms with E-state index in [1.807, 2.05) is 30.5 Å². The van der Waals surface area contributed by atoms with Crippen LogP contribution in [0.1, 0.15) is 34.8 Å². The van der Waals surface area contributed by atoms with Crippen molar-refractivity contribution in [3.05, 3.63) is 71.8 Å². The molecule has 2 aromatic carbocycles. The fourth-order valence-electron chi connectivity index (χ4n) is 3.80. The van der Waals surface area contributed by atoms with E-state index in [1.165, 1.54) is 6.07 Å². The Morgan fingerprint density at radius 2 is 1.96 bits per heavy atom. The number of hydrogen-bond acceptors (Lipinski definition) is 3. The summed E-state index contributed by atoms with van der Waals surface area (Å²) in [4.78, 5) is 14.4. The second-order valence-electron chi connectivity index (χ2n) is 6.98. The minimum absolute atomic E-state index is 0.138. The summed E-state index contributed by atoms with van der Waals surface area (Å²) < 4.78 is 19.3. The Morgan fingerprint density at radius 1 is 1.18 bits per heavy atom. The van der Waals surface area contributed by atoms with Crippen molar-refractivity contribution in [2.75, 3.05) is 20.2 Å². The molecule has 2 heterocycles. The van der Waals surface area contributed by atoms with E-state index in [-0.39, 0.29) is 17.4 Å². The number of aromatic amines is 1. The van der Waals surface area contributed by atoms with Gasteiger partial charge >= 0.3 is 0 Å². The first-order chi connectivity index (χ1) is 13.7. The zero-order chi connectivity index (χ0) is 19.5. The summed E-state index contributed by atoms with van der Waals surface area (Å²) in [6.07, 6.45) is 3.44. The number of carbonyl (C=O) groups is 1. The average Bonchev–Trinajstić information content (AvgIpc) is 3.24. The molecule has 1 N–H and O–H groups in total. The topological polar surface area (TPSA) is 58.2 Å². The second-order valence-corrected chi connectivity index (χ2v) is 6.98. The van der Waals surface area contributed by atoms with Gasteiger partial charge in [0.15, 0.2) is 0 Å². The smallest absolute Gasteiger partial charge is 0.256 e. The molecule has 0 atom stereocenters. The number of nitrogens with zero attached hydrogens (tertiary/aromatic N) is 2. The van der Waals surface area contributed by atoms with Gasteiger partial charge < -0.3 is 9.64 Å². The highest BCUT2D eigenvalue weighted by molar-refractivity contribution is 5.94. The number of aromatic nitrogens is 2. The number of carbonyl (C=O) groups excluding carboxylic acids is 1. The number of nitrogens with one attached hydrogen (secondary N) is 1. The zero-order valence-electron chi connectivity index (χ0n) is 15.7. The molecule has 3 aromatic rings. The lowest BCUT2D eigenvalue weighted by atomic mass is 9.89. The van der Waals surface area contributed by atoms with E-state index in [2.05, 4.69) is 10.2 Å². The summed E-state index contributed by atoms with van der Waals surface area (Å²) in [7, 11) is 1.65. The first kappa shape index (κ1) is 18.2. The first-order valence-corrected chi connectivity index (χ1v) is 9.39. The van der Waals surface area contributed by atoms with Gasteiger partial charge in [0, 0.05) is 30.3 Å². The zero-order valence-corrected chi connectivity index (χ0v) is 15.7. The van der Waals surface area contributed by atoms with E-state index < -0.39 is 5.82 Å². The normalized spacial score (nSPS) is 14.9. The molecule has 0 radical (unpaired) electrons. The van der Waals surface area contributed by atoms with E-state index in [0.29, 0.717) is 13.1 Å². The highest BCUT2D eigenvalue weighted by Gasteiger charge is 2.28. The van der Waals surface area contributed by atoms with Crippen molar-refractivity contribution in [3.63, 3.8) is 0 Å². The lowest BCUT2D eigenvalue weighted by Crippen LogP contribution is -2.38. The van der Waals surface area contributed by atoms with Crippen LogP contribution < -0.4 is 4.74 Å². The number of piperidine rings is 1. The molecule has 0 unspecified atom stereocenters. The Bertz CT molecular complexity index is 977. The molecule has 6 heteroatoms. The number of rotatable bonds is 4. The van der Waals surface area contributed by atoms with Crippen molar-refractivity contribution < 1.29 is 13.9 Å². The van der Waals surface area contributed by atoms with Crippen LogP contribution in [0.15, 0.2) is 54.7 Å². The van der Waals surface area contributed by atoms with Crippen LogP contribution >= 0.6 is 0 Å². The van der Waals surface area contributed by atoms with Crippen LogP contribution in [0, 0.1) is 5.82 Å². The maximum atomic E-state index is 13.9. The molecule has 1 fully saturated rings. The standard InChI is InChI=1S/C22H22FN3O2/c1-28-17-6-4-5-16(13-17)19-14-24-25-21(19)15-9-11-26(12-10-15)22(27)18-7-2-3-8-20(18)23/h2-8,13-15H,9-12H2,1H3,(H,24,25). The number of halogens is 1. The Morgan fingerprint density at radius 3 is 2.71 bits per heavy atom. The molecule has 1 aromatic heterocycles. The number of methoxy groups -OCH3 is 1. The predicted octanol–water partition coefficient (Wildman–Crippen LogP) is 4.24. The molecule has 1 amide bonds. The maximum Gasteiger partial charge on any atom is 0.256 e. The van der Waals surface area contributed by atoms with E-state index in [9.17, 15) is 9.18 Å². The van der Waals surface area contributed by atoms with Crippen LogP contribution in [-0.4, -0.2) is 41.2 Å². The summed E-state index contributed by atoms with van der Waals surface area (Å²) in [5.41, 5.74) is 3.32. The summed E-state index contributed by atoms with van der Waals surface area (Å²) in [5.74, 6) is 0.362. The van der Waals surface area contributed by atoms with Crippen LogP contribution in [0.2, 0.25) is 0 Å². The largest absolute Gasteiger partial charge is 0.497 e. The molecule has 144 valence electrons. The Hall–Kier alpha value is -3.15. The Balaban J connectivity index is 1.48. The SMILES string of the molecule is COc1cccc(-c2cn[nH]c2C2CCN(C(=O)c3ccccc3F)CC2)c1. The maximum absolute atomic E-state index is 13.9. The van der Waals surface area contributed by atoms with Crippen molar-refractivity contribution >= 4 is 5.91 Å². The van der Waals surface area contributed by atoms with Gasteiger partial charge in [0.2, 0.25) is 0 Å². The van der Waals surface area contributed by atoms with E-state index in [0.717, 1.165) is 35.4 Å². The fourth-order valence-corrected chi connectivity index (χ4v) is 3.80.